The molecule has 48 valence electrons. The molecule has 0 fully saturated rings. The van der Waals surface area contributed by atoms with Crippen molar-refractivity contribution in [2.75, 3.05) is 6.61 Å². The Bertz CT molecular complexity index is 61.5. The topological polar surface area (TPSA) is 9.23 Å². The summed E-state index contributed by atoms with van der Waals surface area (Å²) in [6, 6.07) is 1.34. The zero-order chi connectivity index (χ0) is 6.24. The lowest BCUT2D eigenvalue weighted by atomic mass is 10.5. The Hall–Kier alpha value is -0.243. The summed E-state index contributed by atoms with van der Waals surface area (Å²) in [4.78, 5) is 0. The van der Waals surface area contributed by atoms with Gasteiger partial charge in [0.15, 0.2) is 0 Å². The van der Waals surface area contributed by atoms with Crippen LogP contribution >= 0.6 is 0 Å². The van der Waals surface area contributed by atoms with Gasteiger partial charge < -0.3 is 4.74 Å². The Balaban J connectivity index is 2.72. The fraction of sp³-hybridized carbons (Fsp3) is 0.667. The number of ether oxygens (including phenoxy) is 1. The largest absolute Gasteiger partial charge is 0.502 e. The molecule has 0 aliphatic rings. The van der Waals surface area contributed by atoms with Crippen molar-refractivity contribution in [1.82, 2.24) is 0 Å². The second-order valence-corrected chi connectivity index (χ2v) is 2.69. The first kappa shape index (κ1) is 7.76. The quantitative estimate of drug-likeness (QED) is 0.309. The van der Waals surface area contributed by atoms with Crippen molar-refractivity contribution < 1.29 is 4.74 Å². The van der Waals surface area contributed by atoms with E-state index < -0.39 is 0 Å². The lowest BCUT2D eigenvalue weighted by Gasteiger charge is -1.94. The standard InChI is InChI=1S/C6H14OSi/c1-2-4-7-5-3-6-8/h2,4H,3,5-6H2,1,8H3. The van der Waals surface area contributed by atoms with E-state index >= 15 is 0 Å². The summed E-state index contributed by atoms with van der Waals surface area (Å²) in [6.45, 7) is 2.86. The van der Waals surface area contributed by atoms with Gasteiger partial charge in [-0.25, -0.2) is 0 Å². The molecular weight excluding hydrogens is 116 g/mol. The van der Waals surface area contributed by atoms with Crippen LogP contribution < -0.4 is 0 Å². The van der Waals surface area contributed by atoms with Crippen LogP contribution in [0.4, 0.5) is 0 Å². The molecule has 0 aromatic carbocycles. The second-order valence-electron chi connectivity index (χ2n) is 1.69. The van der Waals surface area contributed by atoms with Crippen molar-refractivity contribution in [3.05, 3.63) is 12.3 Å². The van der Waals surface area contributed by atoms with Crippen LogP contribution in [0.15, 0.2) is 12.3 Å². The van der Waals surface area contributed by atoms with E-state index in [9.17, 15) is 0 Å². The van der Waals surface area contributed by atoms with Gasteiger partial charge in [-0.2, -0.15) is 0 Å². The molecule has 0 heterocycles. The van der Waals surface area contributed by atoms with Crippen LogP contribution in [-0.4, -0.2) is 16.8 Å². The highest BCUT2D eigenvalue weighted by Crippen LogP contribution is 1.85. The van der Waals surface area contributed by atoms with E-state index in [1.54, 1.807) is 6.26 Å². The summed E-state index contributed by atoms with van der Waals surface area (Å²) in [7, 11) is 1.30. The van der Waals surface area contributed by atoms with Gasteiger partial charge in [0.25, 0.3) is 0 Å². The predicted molar refractivity (Wildman–Crippen MR) is 40.1 cm³/mol. The minimum absolute atomic E-state index is 0.897. The Morgan fingerprint density at radius 3 is 2.88 bits per heavy atom. The molecule has 0 aromatic rings. The number of hydrogen-bond acceptors (Lipinski definition) is 1. The molecule has 0 bridgehead atoms. The maximum atomic E-state index is 5.06. The summed E-state index contributed by atoms with van der Waals surface area (Å²) in [5.74, 6) is 0. The maximum absolute atomic E-state index is 5.06. The van der Waals surface area contributed by atoms with Crippen LogP contribution in [0.1, 0.15) is 13.3 Å². The van der Waals surface area contributed by atoms with Crippen LogP contribution in [0.3, 0.4) is 0 Å². The van der Waals surface area contributed by atoms with E-state index in [4.69, 9.17) is 4.74 Å². The molecule has 1 nitrogen and oxygen atoms in total. The van der Waals surface area contributed by atoms with E-state index in [1.165, 1.54) is 22.7 Å². The van der Waals surface area contributed by atoms with Gasteiger partial charge in [-0.05, 0) is 13.3 Å². The predicted octanol–water partition coefficient (Wildman–Crippen LogP) is 0.710. The summed E-state index contributed by atoms with van der Waals surface area (Å²) in [5, 5.41) is 0. The van der Waals surface area contributed by atoms with E-state index in [-0.39, 0.29) is 0 Å². The third-order valence-electron chi connectivity index (χ3n) is 0.848. The maximum Gasteiger partial charge on any atom is 0.0870 e. The molecule has 0 aliphatic heterocycles. The Morgan fingerprint density at radius 1 is 1.62 bits per heavy atom. The molecule has 2 heteroatoms. The fourth-order valence-electron chi connectivity index (χ4n) is 0.392. The van der Waals surface area contributed by atoms with Gasteiger partial charge in [-0.15, -0.1) is 0 Å². The van der Waals surface area contributed by atoms with Crippen LogP contribution in [0.2, 0.25) is 6.04 Å². The molecule has 0 rings (SSSR count). The third-order valence-corrected chi connectivity index (χ3v) is 1.56. The highest BCUT2D eigenvalue weighted by molar-refractivity contribution is 6.08. The molecule has 0 radical (unpaired) electrons. The summed E-state index contributed by atoms with van der Waals surface area (Å²) >= 11 is 0. The van der Waals surface area contributed by atoms with Gasteiger partial charge in [0.2, 0.25) is 0 Å². The molecule has 0 saturated heterocycles. The number of allylic oxidation sites excluding steroid dienone is 1. The summed E-state index contributed by atoms with van der Waals surface area (Å²) in [5.41, 5.74) is 0. The lowest BCUT2D eigenvalue weighted by molar-refractivity contribution is 0.249. The average molecular weight is 130 g/mol. The normalized spacial score (nSPS) is 10.6. The van der Waals surface area contributed by atoms with Gasteiger partial charge >= 0.3 is 0 Å². The molecule has 0 atom stereocenters. The Kier molecular flexibility index (Phi) is 6.55. The number of hydrogen-bond donors (Lipinski definition) is 0. The lowest BCUT2D eigenvalue weighted by Crippen LogP contribution is -1.84. The molecule has 0 spiro atoms. The van der Waals surface area contributed by atoms with Crippen molar-refractivity contribution in [3.63, 3.8) is 0 Å². The van der Waals surface area contributed by atoms with Gasteiger partial charge in [-0.1, -0.05) is 12.1 Å². The van der Waals surface area contributed by atoms with Crippen molar-refractivity contribution in [2.24, 2.45) is 0 Å². The van der Waals surface area contributed by atoms with Gasteiger partial charge in [0.1, 0.15) is 0 Å². The zero-order valence-corrected chi connectivity index (χ0v) is 7.68. The minimum Gasteiger partial charge on any atom is -0.502 e. The van der Waals surface area contributed by atoms with Crippen LogP contribution in [0.25, 0.3) is 0 Å². The van der Waals surface area contributed by atoms with E-state index in [0.717, 1.165) is 6.61 Å². The first-order chi connectivity index (χ1) is 3.91. The molecule has 0 amide bonds. The smallest absolute Gasteiger partial charge is 0.0870 e. The Labute approximate surface area is 54.2 Å². The molecule has 8 heavy (non-hydrogen) atoms. The molecule has 0 aromatic heterocycles. The van der Waals surface area contributed by atoms with Crippen molar-refractivity contribution in [3.8, 4) is 0 Å². The van der Waals surface area contributed by atoms with Crippen LogP contribution in [-0.2, 0) is 4.74 Å². The van der Waals surface area contributed by atoms with Gasteiger partial charge in [0.05, 0.1) is 12.9 Å². The van der Waals surface area contributed by atoms with Crippen LogP contribution in [0, 0.1) is 0 Å². The second kappa shape index (κ2) is 6.76. The Morgan fingerprint density at radius 2 is 2.38 bits per heavy atom. The number of rotatable bonds is 4. The first-order valence-electron chi connectivity index (χ1n) is 3.14. The fourth-order valence-corrected chi connectivity index (χ4v) is 0.681. The molecule has 0 saturated carbocycles. The SMILES string of the molecule is CC=COCCC[SiH3]. The van der Waals surface area contributed by atoms with Gasteiger partial charge in [-0.3, -0.25) is 0 Å². The monoisotopic (exact) mass is 130 g/mol. The van der Waals surface area contributed by atoms with E-state index in [1.807, 2.05) is 13.0 Å². The minimum atomic E-state index is 0.897. The average Bonchev–Trinajstić information content (AvgIpc) is 1.81. The van der Waals surface area contributed by atoms with E-state index in [0.29, 0.717) is 0 Å². The highest BCUT2D eigenvalue weighted by atomic mass is 28.1. The molecule has 0 unspecified atom stereocenters. The van der Waals surface area contributed by atoms with Crippen molar-refractivity contribution in [2.45, 2.75) is 19.4 Å². The summed E-state index contributed by atoms with van der Waals surface area (Å²) < 4.78 is 5.06. The highest BCUT2D eigenvalue weighted by Gasteiger charge is 1.77. The van der Waals surface area contributed by atoms with Crippen LogP contribution in [0.5, 0.6) is 0 Å². The zero-order valence-electron chi connectivity index (χ0n) is 5.68. The molecule has 0 aliphatic carbocycles. The molecule has 0 N–H and O–H groups in total. The molecular formula is C6H14OSi. The van der Waals surface area contributed by atoms with Crippen molar-refractivity contribution >= 4 is 10.2 Å². The van der Waals surface area contributed by atoms with E-state index in [2.05, 4.69) is 0 Å². The third kappa shape index (κ3) is 5.76. The first-order valence-corrected chi connectivity index (χ1v) is 4.56. The van der Waals surface area contributed by atoms with Crippen molar-refractivity contribution in [1.29, 1.82) is 0 Å². The van der Waals surface area contributed by atoms with Gasteiger partial charge in [0, 0.05) is 10.2 Å². The summed E-state index contributed by atoms with van der Waals surface area (Å²) in [6.07, 6.45) is 4.88.